The van der Waals surface area contributed by atoms with Crippen molar-refractivity contribution in [2.45, 2.75) is 63.6 Å². The van der Waals surface area contributed by atoms with Crippen molar-refractivity contribution in [3.05, 3.63) is 0 Å². The Kier molecular flexibility index (Phi) is 2.52. The van der Waals surface area contributed by atoms with Crippen molar-refractivity contribution in [1.82, 2.24) is 0 Å². The summed E-state index contributed by atoms with van der Waals surface area (Å²) in [6, 6.07) is 2.28. The van der Waals surface area contributed by atoms with Crippen molar-refractivity contribution in [3.63, 3.8) is 0 Å². The Balaban J connectivity index is 1.77. The van der Waals surface area contributed by atoms with Gasteiger partial charge in [0.05, 0.1) is 12.1 Å². The highest BCUT2D eigenvalue weighted by atomic mass is 15.0. The van der Waals surface area contributed by atoms with E-state index in [-0.39, 0.29) is 0 Å². The maximum Gasteiger partial charge on any atom is 0.0905 e. The molecular formula is C13H25N2+. The van der Waals surface area contributed by atoms with Crippen LogP contribution in [0.15, 0.2) is 0 Å². The van der Waals surface area contributed by atoms with Crippen LogP contribution in [-0.2, 0) is 0 Å². The van der Waals surface area contributed by atoms with Gasteiger partial charge in [-0.1, -0.05) is 6.92 Å². The Morgan fingerprint density at radius 3 is 2.67 bits per heavy atom. The van der Waals surface area contributed by atoms with Crippen LogP contribution in [0.3, 0.4) is 0 Å². The third-order valence-electron chi connectivity index (χ3n) is 5.33. The van der Waals surface area contributed by atoms with Crippen LogP contribution in [0.2, 0.25) is 0 Å². The zero-order valence-electron chi connectivity index (χ0n) is 9.86. The van der Waals surface area contributed by atoms with Gasteiger partial charge in [-0.05, 0) is 44.4 Å². The van der Waals surface area contributed by atoms with Gasteiger partial charge < -0.3 is 11.1 Å². The highest BCUT2D eigenvalue weighted by Gasteiger charge is 2.49. The van der Waals surface area contributed by atoms with Crippen LogP contribution >= 0.6 is 0 Å². The van der Waals surface area contributed by atoms with E-state index in [1.54, 1.807) is 0 Å². The van der Waals surface area contributed by atoms with E-state index in [9.17, 15) is 0 Å². The van der Waals surface area contributed by atoms with Gasteiger partial charge in [-0.2, -0.15) is 0 Å². The molecule has 0 bridgehead atoms. The molecular weight excluding hydrogens is 184 g/mol. The molecule has 0 spiro atoms. The van der Waals surface area contributed by atoms with Crippen LogP contribution < -0.4 is 11.1 Å². The molecule has 0 radical (unpaired) electrons. The second kappa shape index (κ2) is 3.74. The monoisotopic (exact) mass is 209 g/mol. The molecule has 0 amide bonds. The number of hydrogen-bond donors (Lipinski definition) is 2. The van der Waals surface area contributed by atoms with Crippen LogP contribution in [-0.4, -0.2) is 18.1 Å². The van der Waals surface area contributed by atoms with Crippen LogP contribution in [0.5, 0.6) is 0 Å². The van der Waals surface area contributed by atoms with Crippen LogP contribution in [0.4, 0.5) is 0 Å². The average molecular weight is 209 g/mol. The Labute approximate surface area is 93.0 Å². The largest absolute Gasteiger partial charge is 0.341 e. The van der Waals surface area contributed by atoms with Gasteiger partial charge in [0.2, 0.25) is 0 Å². The molecule has 3 rings (SSSR count). The lowest BCUT2D eigenvalue weighted by Crippen LogP contribution is -3.01. The lowest BCUT2D eigenvalue weighted by atomic mass is 9.68. The Morgan fingerprint density at radius 1 is 1.00 bits per heavy atom. The molecule has 3 aliphatic rings. The summed E-state index contributed by atoms with van der Waals surface area (Å²) in [6.45, 7) is 2.41. The molecule has 6 atom stereocenters. The Morgan fingerprint density at radius 2 is 1.80 bits per heavy atom. The number of rotatable bonds is 0. The van der Waals surface area contributed by atoms with Gasteiger partial charge in [-0.3, -0.25) is 0 Å². The Bertz CT molecular complexity index is 241. The second-order valence-corrected chi connectivity index (χ2v) is 6.27. The zero-order valence-corrected chi connectivity index (χ0v) is 9.86. The molecule has 86 valence electrons. The van der Waals surface area contributed by atoms with Crippen molar-refractivity contribution in [1.29, 1.82) is 0 Å². The minimum Gasteiger partial charge on any atom is -0.341 e. The fourth-order valence-corrected chi connectivity index (χ4v) is 4.50. The molecule has 15 heavy (non-hydrogen) atoms. The van der Waals surface area contributed by atoms with Crippen molar-refractivity contribution < 1.29 is 5.32 Å². The van der Waals surface area contributed by atoms with E-state index in [0.29, 0.717) is 6.04 Å². The van der Waals surface area contributed by atoms with E-state index >= 15 is 0 Å². The topological polar surface area (TPSA) is 42.6 Å². The first-order valence-electron chi connectivity index (χ1n) is 6.86. The SMILES string of the molecule is CC1CCC2[NH2+]C3CCCC3C(N)C2C1. The van der Waals surface area contributed by atoms with Gasteiger partial charge in [0.15, 0.2) is 0 Å². The van der Waals surface area contributed by atoms with Crippen molar-refractivity contribution in [2.75, 3.05) is 0 Å². The number of fused-ring (bicyclic) bond motifs is 2. The fraction of sp³-hybridized carbons (Fsp3) is 1.00. The first kappa shape index (κ1) is 10.1. The smallest absolute Gasteiger partial charge is 0.0905 e. The van der Waals surface area contributed by atoms with Crippen LogP contribution in [0, 0.1) is 17.8 Å². The van der Waals surface area contributed by atoms with Crippen molar-refractivity contribution in [3.8, 4) is 0 Å². The van der Waals surface area contributed by atoms with E-state index in [1.165, 1.54) is 38.5 Å². The molecule has 2 aliphatic carbocycles. The highest BCUT2D eigenvalue weighted by molar-refractivity contribution is 4.96. The first-order valence-corrected chi connectivity index (χ1v) is 6.86. The standard InChI is InChI=1S/C13H24N2/c1-8-5-6-12-10(7-8)13(14)9-3-2-4-11(9)15-12/h8-13,15H,2-7,14H2,1H3/p+1. The predicted molar refractivity (Wildman–Crippen MR) is 61.3 cm³/mol. The summed E-state index contributed by atoms with van der Waals surface area (Å²) in [7, 11) is 0. The normalized spacial score (nSPS) is 54.8. The van der Waals surface area contributed by atoms with Crippen LogP contribution in [0.1, 0.15) is 45.4 Å². The summed E-state index contributed by atoms with van der Waals surface area (Å²) < 4.78 is 0. The molecule has 6 unspecified atom stereocenters. The summed E-state index contributed by atoms with van der Waals surface area (Å²) >= 11 is 0. The maximum atomic E-state index is 6.52. The molecule has 2 heteroatoms. The number of hydrogen-bond acceptors (Lipinski definition) is 1. The highest BCUT2D eigenvalue weighted by Crippen LogP contribution is 2.38. The molecule has 1 aliphatic heterocycles. The molecule has 2 nitrogen and oxygen atoms in total. The minimum absolute atomic E-state index is 0.523. The third kappa shape index (κ3) is 1.62. The van der Waals surface area contributed by atoms with E-state index in [2.05, 4.69) is 12.2 Å². The lowest BCUT2D eigenvalue weighted by Gasteiger charge is -2.45. The average Bonchev–Trinajstić information content (AvgIpc) is 2.68. The predicted octanol–water partition coefficient (Wildman–Crippen LogP) is 0.864. The molecule has 4 N–H and O–H groups in total. The summed E-state index contributed by atoms with van der Waals surface area (Å²) in [6.07, 6.45) is 8.50. The van der Waals surface area contributed by atoms with Crippen LogP contribution in [0.25, 0.3) is 0 Å². The molecule has 1 saturated heterocycles. The fourth-order valence-electron chi connectivity index (χ4n) is 4.50. The van der Waals surface area contributed by atoms with Gasteiger partial charge >= 0.3 is 0 Å². The number of quaternary nitrogens is 1. The second-order valence-electron chi connectivity index (χ2n) is 6.27. The van der Waals surface area contributed by atoms with Crippen molar-refractivity contribution in [2.24, 2.45) is 23.5 Å². The van der Waals surface area contributed by atoms with Gasteiger partial charge in [-0.15, -0.1) is 0 Å². The summed E-state index contributed by atoms with van der Waals surface area (Å²) in [5, 5.41) is 2.71. The van der Waals surface area contributed by atoms with E-state index in [1.807, 2.05) is 0 Å². The Hall–Kier alpha value is -0.0800. The van der Waals surface area contributed by atoms with Crippen molar-refractivity contribution >= 4 is 0 Å². The van der Waals surface area contributed by atoms with E-state index in [4.69, 9.17) is 5.73 Å². The quantitative estimate of drug-likeness (QED) is 0.610. The molecule has 3 fully saturated rings. The third-order valence-corrected chi connectivity index (χ3v) is 5.33. The molecule has 0 aromatic carbocycles. The lowest BCUT2D eigenvalue weighted by molar-refractivity contribution is -0.744. The van der Waals surface area contributed by atoms with E-state index in [0.717, 1.165) is 29.8 Å². The molecule has 0 aromatic heterocycles. The van der Waals surface area contributed by atoms with Gasteiger partial charge in [0, 0.05) is 17.9 Å². The summed E-state index contributed by atoms with van der Waals surface area (Å²) in [5.74, 6) is 2.59. The molecule has 1 heterocycles. The summed E-state index contributed by atoms with van der Waals surface area (Å²) in [5.41, 5.74) is 6.52. The summed E-state index contributed by atoms with van der Waals surface area (Å²) in [4.78, 5) is 0. The zero-order chi connectivity index (χ0) is 10.4. The molecule has 2 saturated carbocycles. The molecule has 0 aromatic rings. The minimum atomic E-state index is 0.523. The van der Waals surface area contributed by atoms with Gasteiger partial charge in [-0.25, -0.2) is 0 Å². The number of piperidine rings is 1. The maximum absolute atomic E-state index is 6.52. The van der Waals surface area contributed by atoms with Gasteiger partial charge in [0.25, 0.3) is 0 Å². The van der Waals surface area contributed by atoms with E-state index < -0.39 is 0 Å². The first-order chi connectivity index (χ1) is 7.25. The number of nitrogens with two attached hydrogens (primary N) is 2. The van der Waals surface area contributed by atoms with Gasteiger partial charge in [0.1, 0.15) is 0 Å².